The highest BCUT2D eigenvalue weighted by atomic mass is 32.2. The zero-order valence-electron chi connectivity index (χ0n) is 20.6. The number of hydrogen-bond acceptors (Lipinski definition) is 8. The van der Waals surface area contributed by atoms with Crippen molar-refractivity contribution in [1.82, 2.24) is 34.4 Å². The van der Waals surface area contributed by atoms with Crippen LogP contribution in [0.4, 0.5) is 5.69 Å². The van der Waals surface area contributed by atoms with Crippen molar-refractivity contribution < 1.29 is 13.2 Å². The molecule has 6 rings (SSSR count). The van der Waals surface area contributed by atoms with E-state index < -0.39 is 15.6 Å². The first-order valence-electron chi connectivity index (χ1n) is 11.8. The molecule has 13 heteroatoms. The molecular formula is C24H25N9O3S. The molecule has 3 aliphatic rings. The Morgan fingerprint density at radius 3 is 2.68 bits per heavy atom. The molecular weight excluding hydrogens is 494 g/mol. The molecule has 2 aromatic heterocycles. The SMILES string of the molecule is Cn1cc(CN2C(=O)c3cc(S(=O)(=O)NC4(C)CC4)ccc3N3C2=NC[C@H]3C#Cc2cnn(C)n2)cn1. The molecule has 1 fully saturated rings. The van der Waals surface area contributed by atoms with E-state index in [1.165, 1.54) is 16.9 Å². The van der Waals surface area contributed by atoms with Crippen LogP contribution < -0.4 is 9.62 Å². The Morgan fingerprint density at radius 2 is 2.00 bits per heavy atom. The van der Waals surface area contributed by atoms with Gasteiger partial charge in [0.05, 0.1) is 41.6 Å². The van der Waals surface area contributed by atoms with Crippen LogP contribution in [0, 0.1) is 11.8 Å². The van der Waals surface area contributed by atoms with Gasteiger partial charge in [0.25, 0.3) is 5.91 Å². The fourth-order valence-electron chi connectivity index (χ4n) is 4.48. The van der Waals surface area contributed by atoms with E-state index in [9.17, 15) is 13.2 Å². The summed E-state index contributed by atoms with van der Waals surface area (Å²) in [5.41, 5.74) is 1.76. The molecule has 2 aliphatic heterocycles. The van der Waals surface area contributed by atoms with E-state index in [1.807, 2.05) is 18.0 Å². The summed E-state index contributed by atoms with van der Waals surface area (Å²) in [7, 11) is -0.272. The molecule has 1 aliphatic carbocycles. The van der Waals surface area contributed by atoms with E-state index in [0.29, 0.717) is 23.9 Å². The Kier molecular flexibility index (Phi) is 5.22. The molecule has 190 valence electrons. The number of benzene rings is 1. The molecule has 1 amide bonds. The summed E-state index contributed by atoms with van der Waals surface area (Å²) in [5, 5.41) is 12.5. The highest BCUT2D eigenvalue weighted by Gasteiger charge is 2.44. The highest BCUT2D eigenvalue weighted by molar-refractivity contribution is 7.89. The lowest BCUT2D eigenvalue weighted by Crippen LogP contribution is -2.52. The number of guanidine groups is 1. The summed E-state index contributed by atoms with van der Waals surface area (Å²) >= 11 is 0. The van der Waals surface area contributed by atoms with Crippen LogP contribution in [0.3, 0.4) is 0 Å². The Labute approximate surface area is 214 Å². The van der Waals surface area contributed by atoms with Crippen LogP contribution in [-0.4, -0.2) is 68.1 Å². The van der Waals surface area contributed by atoms with E-state index in [1.54, 1.807) is 42.1 Å². The summed E-state index contributed by atoms with van der Waals surface area (Å²) < 4.78 is 30.6. The molecule has 1 saturated carbocycles. The number of fused-ring (bicyclic) bond motifs is 3. The van der Waals surface area contributed by atoms with Crippen molar-refractivity contribution in [3.8, 4) is 11.8 Å². The van der Waals surface area contributed by atoms with Gasteiger partial charge in [-0.05, 0) is 43.9 Å². The number of aromatic nitrogens is 5. The smallest absolute Gasteiger partial charge is 0.263 e. The Hall–Kier alpha value is -4.02. The van der Waals surface area contributed by atoms with Crippen molar-refractivity contribution in [3.63, 3.8) is 0 Å². The van der Waals surface area contributed by atoms with Crippen LogP contribution in [0.25, 0.3) is 0 Å². The van der Waals surface area contributed by atoms with Crippen LogP contribution in [0.5, 0.6) is 0 Å². The number of nitrogens with one attached hydrogen (secondary N) is 1. The van der Waals surface area contributed by atoms with Gasteiger partial charge in [-0.25, -0.2) is 18.1 Å². The van der Waals surface area contributed by atoms with Gasteiger partial charge in [-0.3, -0.25) is 19.3 Å². The summed E-state index contributed by atoms with van der Waals surface area (Å²) in [4.78, 5) is 23.3. The van der Waals surface area contributed by atoms with Gasteiger partial charge in [0.1, 0.15) is 6.04 Å². The zero-order chi connectivity index (χ0) is 25.9. The quantitative estimate of drug-likeness (QED) is 0.489. The van der Waals surface area contributed by atoms with Crippen molar-refractivity contribution >= 4 is 27.6 Å². The first kappa shape index (κ1) is 23.4. The normalized spacial score (nSPS) is 19.7. The standard InChI is InChI=1S/C24H25N9O3S/c1-24(8-9-24)29-37(35,36)19-6-7-21-20(10-19)22(34)32(15-16-11-26-30(2)14-16)23-25-13-18(33(21)23)5-4-17-12-27-31(3)28-17/h6-7,10-12,14,18,29H,8-9,13,15H2,1-3H3/t18-/m1/s1. The van der Waals surface area contributed by atoms with Gasteiger partial charge >= 0.3 is 0 Å². The fourth-order valence-corrected chi connectivity index (χ4v) is 5.97. The van der Waals surface area contributed by atoms with Gasteiger partial charge in [-0.2, -0.15) is 15.0 Å². The lowest BCUT2D eigenvalue weighted by atomic mass is 10.1. The highest BCUT2D eigenvalue weighted by Crippen LogP contribution is 2.38. The maximum absolute atomic E-state index is 13.8. The van der Waals surface area contributed by atoms with Crippen LogP contribution in [-0.2, 0) is 30.7 Å². The number of hydrogen-bond donors (Lipinski definition) is 1. The van der Waals surface area contributed by atoms with Gasteiger partial charge in [-0.1, -0.05) is 5.92 Å². The van der Waals surface area contributed by atoms with Gasteiger partial charge in [-0.15, -0.1) is 5.10 Å². The molecule has 12 nitrogen and oxygen atoms in total. The number of carbonyl (C=O) groups is 1. The maximum Gasteiger partial charge on any atom is 0.263 e. The number of carbonyl (C=O) groups excluding carboxylic acids is 1. The monoisotopic (exact) mass is 519 g/mol. The minimum atomic E-state index is -3.79. The molecule has 1 aromatic carbocycles. The average molecular weight is 520 g/mol. The van der Waals surface area contributed by atoms with Crippen molar-refractivity contribution in [2.45, 2.75) is 42.8 Å². The Bertz CT molecular complexity index is 1620. The first-order valence-corrected chi connectivity index (χ1v) is 13.3. The van der Waals surface area contributed by atoms with Crippen molar-refractivity contribution in [1.29, 1.82) is 0 Å². The van der Waals surface area contributed by atoms with E-state index in [-0.39, 0.29) is 29.0 Å². The number of anilines is 1. The molecule has 0 saturated heterocycles. The summed E-state index contributed by atoms with van der Waals surface area (Å²) in [6.07, 6.45) is 6.67. The van der Waals surface area contributed by atoms with Gasteiger partial charge in [0.15, 0.2) is 5.69 Å². The second-order valence-corrected chi connectivity index (χ2v) is 11.5. The molecule has 3 aromatic rings. The average Bonchev–Trinajstić information content (AvgIpc) is 3.21. The largest absolute Gasteiger partial charge is 0.295 e. The number of aliphatic imine (C=N–C) groups is 1. The summed E-state index contributed by atoms with van der Waals surface area (Å²) in [6, 6.07) is 4.27. The first-order chi connectivity index (χ1) is 17.6. The zero-order valence-corrected chi connectivity index (χ0v) is 21.4. The molecule has 0 spiro atoms. The molecule has 0 unspecified atom stereocenters. The third-order valence-electron chi connectivity index (χ3n) is 6.63. The van der Waals surface area contributed by atoms with Crippen molar-refractivity contribution in [3.05, 3.63) is 53.6 Å². The molecule has 0 bridgehead atoms. The predicted molar refractivity (Wildman–Crippen MR) is 134 cm³/mol. The molecule has 4 heterocycles. The predicted octanol–water partition coefficient (Wildman–Crippen LogP) is 0.632. The Balaban J connectivity index is 1.41. The van der Waals surface area contributed by atoms with Gasteiger partial charge < -0.3 is 0 Å². The molecule has 37 heavy (non-hydrogen) atoms. The van der Waals surface area contributed by atoms with Crippen LogP contribution in [0.1, 0.15) is 41.4 Å². The van der Waals surface area contributed by atoms with Crippen molar-refractivity contribution in [2.24, 2.45) is 19.1 Å². The van der Waals surface area contributed by atoms with Crippen LogP contribution in [0.2, 0.25) is 0 Å². The number of nitrogens with zero attached hydrogens (tertiary/aromatic N) is 8. The van der Waals surface area contributed by atoms with E-state index in [4.69, 9.17) is 0 Å². The van der Waals surface area contributed by atoms with E-state index in [0.717, 1.165) is 18.4 Å². The number of aryl methyl sites for hydroxylation is 2. The van der Waals surface area contributed by atoms with Gasteiger partial charge in [0, 0.05) is 31.4 Å². The number of sulfonamides is 1. The molecule has 1 N–H and O–H groups in total. The number of amides is 1. The third-order valence-corrected chi connectivity index (χ3v) is 8.27. The van der Waals surface area contributed by atoms with Crippen molar-refractivity contribution in [2.75, 3.05) is 11.4 Å². The Morgan fingerprint density at radius 1 is 1.19 bits per heavy atom. The third kappa shape index (κ3) is 4.28. The topological polar surface area (TPSA) is 131 Å². The molecule has 1 atom stereocenters. The van der Waals surface area contributed by atoms with E-state index in [2.05, 4.69) is 36.9 Å². The van der Waals surface area contributed by atoms with Crippen LogP contribution >= 0.6 is 0 Å². The summed E-state index contributed by atoms with van der Waals surface area (Å²) in [6.45, 7) is 2.45. The lowest BCUT2D eigenvalue weighted by molar-refractivity contribution is 0.0833. The van der Waals surface area contributed by atoms with Crippen LogP contribution in [0.15, 0.2) is 46.7 Å². The fraction of sp³-hybridized carbons (Fsp3) is 0.375. The second-order valence-electron chi connectivity index (χ2n) is 9.77. The second kappa shape index (κ2) is 8.25. The number of rotatable bonds is 5. The minimum absolute atomic E-state index is 0.0517. The minimum Gasteiger partial charge on any atom is -0.295 e. The van der Waals surface area contributed by atoms with Gasteiger partial charge in [0.2, 0.25) is 16.0 Å². The molecule has 0 radical (unpaired) electrons. The van der Waals surface area contributed by atoms with E-state index >= 15 is 0 Å². The maximum atomic E-state index is 13.8. The summed E-state index contributed by atoms with van der Waals surface area (Å²) in [5.74, 6) is 6.38. The lowest BCUT2D eigenvalue weighted by Gasteiger charge is -2.37.